The van der Waals surface area contributed by atoms with Gasteiger partial charge < -0.3 is 15.0 Å². The molecule has 1 saturated heterocycles. The highest BCUT2D eigenvalue weighted by Gasteiger charge is 2.19. The van der Waals surface area contributed by atoms with Crippen LogP contribution in [0, 0.1) is 0 Å². The lowest BCUT2D eigenvalue weighted by atomic mass is 10.0. The Balaban J connectivity index is 2.05. The molecular formula is C17H28N2O. The number of hydrogen-bond donors (Lipinski definition) is 1. The van der Waals surface area contributed by atoms with Crippen molar-refractivity contribution in [2.75, 3.05) is 31.6 Å². The highest BCUT2D eigenvalue weighted by Crippen LogP contribution is 2.26. The molecule has 1 N–H and O–H groups in total. The van der Waals surface area contributed by atoms with Gasteiger partial charge in [0.1, 0.15) is 0 Å². The van der Waals surface area contributed by atoms with Gasteiger partial charge in [-0.05, 0) is 44.4 Å². The van der Waals surface area contributed by atoms with Gasteiger partial charge in [-0.25, -0.2) is 0 Å². The molecule has 1 heterocycles. The number of nitrogens with zero attached hydrogens (tertiary/aromatic N) is 1. The Morgan fingerprint density at radius 2 is 2.20 bits per heavy atom. The molecule has 0 amide bonds. The van der Waals surface area contributed by atoms with E-state index in [0.717, 1.165) is 26.1 Å². The molecule has 2 unspecified atom stereocenters. The molecule has 0 aromatic heterocycles. The average molecular weight is 276 g/mol. The lowest BCUT2D eigenvalue weighted by Crippen LogP contribution is -2.30. The van der Waals surface area contributed by atoms with Crippen LogP contribution in [0.1, 0.15) is 44.7 Å². The summed E-state index contributed by atoms with van der Waals surface area (Å²) < 4.78 is 5.75. The van der Waals surface area contributed by atoms with Crippen molar-refractivity contribution in [3.8, 4) is 0 Å². The molecule has 0 aliphatic carbocycles. The maximum absolute atomic E-state index is 5.75. The highest BCUT2D eigenvalue weighted by atomic mass is 16.5. The third-order valence-electron chi connectivity index (χ3n) is 4.02. The van der Waals surface area contributed by atoms with Gasteiger partial charge in [0.2, 0.25) is 0 Å². The fourth-order valence-electron chi connectivity index (χ4n) is 2.86. The predicted octanol–water partition coefficient (Wildman–Crippen LogP) is 3.36. The maximum Gasteiger partial charge on any atom is 0.0750 e. The molecule has 1 fully saturated rings. The summed E-state index contributed by atoms with van der Waals surface area (Å²) in [5.74, 6) is 0. The molecule has 2 atom stereocenters. The van der Waals surface area contributed by atoms with Crippen molar-refractivity contribution in [3.05, 3.63) is 29.8 Å². The van der Waals surface area contributed by atoms with Gasteiger partial charge in [-0.15, -0.1) is 0 Å². The zero-order chi connectivity index (χ0) is 14.4. The van der Waals surface area contributed by atoms with Crippen LogP contribution in [0.25, 0.3) is 0 Å². The molecule has 3 nitrogen and oxygen atoms in total. The number of para-hydroxylation sites is 1. The van der Waals surface area contributed by atoms with Crippen molar-refractivity contribution in [2.45, 2.75) is 45.3 Å². The zero-order valence-corrected chi connectivity index (χ0v) is 13.1. The van der Waals surface area contributed by atoms with Gasteiger partial charge in [0.15, 0.2) is 0 Å². The first kappa shape index (κ1) is 15.3. The second-order valence-corrected chi connectivity index (χ2v) is 5.75. The van der Waals surface area contributed by atoms with Crippen molar-refractivity contribution in [1.82, 2.24) is 5.32 Å². The third kappa shape index (κ3) is 3.97. The predicted molar refractivity (Wildman–Crippen MR) is 85.4 cm³/mol. The molecule has 2 rings (SSSR count). The van der Waals surface area contributed by atoms with E-state index < -0.39 is 0 Å². The minimum atomic E-state index is 0.387. The van der Waals surface area contributed by atoms with E-state index in [1.807, 2.05) is 0 Å². The molecule has 0 radical (unpaired) electrons. The van der Waals surface area contributed by atoms with Gasteiger partial charge in [0.25, 0.3) is 0 Å². The summed E-state index contributed by atoms with van der Waals surface area (Å²) in [7, 11) is 2.17. The molecule has 0 bridgehead atoms. The quantitative estimate of drug-likeness (QED) is 0.826. The summed E-state index contributed by atoms with van der Waals surface area (Å²) >= 11 is 0. The van der Waals surface area contributed by atoms with Crippen LogP contribution in [-0.2, 0) is 4.74 Å². The smallest absolute Gasteiger partial charge is 0.0750 e. The summed E-state index contributed by atoms with van der Waals surface area (Å²) in [6, 6.07) is 9.08. The summed E-state index contributed by atoms with van der Waals surface area (Å²) in [6.07, 6.45) is 3.95. The molecule has 1 aliphatic rings. The van der Waals surface area contributed by atoms with Gasteiger partial charge in [0.05, 0.1) is 6.10 Å². The molecule has 0 spiro atoms. The number of hydrogen-bond acceptors (Lipinski definition) is 3. The van der Waals surface area contributed by atoms with E-state index in [1.54, 1.807) is 0 Å². The molecule has 1 aromatic rings. The van der Waals surface area contributed by atoms with Crippen LogP contribution < -0.4 is 10.2 Å². The van der Waals surface area contributed by atoms with Gasteiger partial charge in [0, 0.05) is 31.9 Å². The Morgan fingerprint density at radius 3 is 2.90 bits per heavy atom. The van der Waals surface area contributed by atoms with E-state index >= 15 is 0 Å². The van der Waals surface area contributed by atoms with Crippen molar-refractivity contribution in [1.29, 1.82) is 0 Å². The van der Waals surface area contributed by atoms with E-state index in [0.29, 0.717) is 12.1 Å². The van der Waals surface area contributed by atoms with Crippen LogP contribution in [0.2, 0.25) is 0 Å². The zero-order valence-electron chi connectivity index (χ0n) is 13.1. The minimum Gasteiger partial charge on any atom is -0.376 e. The molecule has 1 aromatic carbocycles. The van der Waals surface area contributed by atoms with Crippen LogP contribution in [-0.4, -0.2) is 32.8 Å². The lowest BCUT2D eigenvalue weighted by Gasteiger charge is -2.27. The van der Waals surface area contributed by atoms with Gasteiger partial charge in [-0.2, -0.15) is 0 Å². The number of anilines is 1. The molecule has 3 heteroatoms. The lowest BCUT2D eigenvalue weighted by molar-refractivity contribution is 0.116. The fourth-order valence-corrected chi connectivity index (χ4v) is 2.86. The first-order valence-electron chi connectivity index (χ1n) is 7.87. The number of likely N-dealkylation sites (N-methyl/N-ethyl adjacent to an activating group) is 1. The van der Waals surface area contributed by atoms with Crippen LogP contribution in [0.15, 0.2) is 24.3 Å². The Morgan fingerprint density at radius 1 is 1.40 bits per heavy atom. The molecule has 112 valence electrons. The third-order valence-corrected chi connectivity index (χ3v) is 4.02. The highest BCUT2D eigenvalue weighted by molar-refractivity contribution is 5.54. The second kappa shape index (κ2) is 7.65. The molecule has 20 heavy (non-hydrogen) atoms. The van der Waals surface area contributed by atoms with Gasteiger partial charge in [-0.3, -0.25) is 0 Å². The molecular weight excluding hydrogens is 248 g/mol. The first-order chi connectivity index (χ1) is 9.72. The standard InChI is InChI=1S/C17H28N2O/c1-4-11-18-14(2)16-9-5-6-10-17(16)19(3)13-15-8-7-12-20-15/h5-6,9-10,14-15,18H,4,7-8,11-13H2,1-3H3. The summed E-state index contributed by atoms with van der Waals surface area (Å²) in [5, 5.41) is 3.58. The van der Waals surface area contributed by atoms with Crippen LogP contribution in [0.3, 0.4) is 0 Å². The fraction of sp³-hybridized carbons (Fsp3) is 0.647. The van der Waals surface area contributed by atoms with Crippen LogP contribution >= 0.6 is 0 Å². The molecule has 0 saturated carbocycles. The van der Waals surface area contributed by atoms with E-state index in [9.17, 15) is 0 Å². The van der Waals surface area contributed by atoms with Crippen molar-refractivity contribution < 1.29 is 4.74 Å². The maximum atomic E-state index is 5.75. The monoisotopic (exact) mass is 276 g/mol. The van der Waals surface area contributed by atoms with E-state index in [4.69, 9.17) is 4.74 Å². The first-order valence-corrected chi connectivity index (χ1v) is 7.87. The van der Waals surface area contributed by atoms with E-state index in [-0.39, 0.29) is 0 Å². The number of nitrogens with one attached hydrogen (secondary N) is 1. The molecule has 1 aliphatic heterocycles. The van der Waals surface area contributed by atoms with Crippen molar-refractivity contribution in [3.63, 3.8) is 0 Å². The Bertz CT molecular complexity index is 402. The summed E-state index contributed by atoms with van der Waals surface area (Å²) in [6.45, 7) is 7.42. The summed E-state index contributed by atoms with van der Waals surface area (Å²) in [4.78, 5) is 2.34. The largest absolute Gasteiger partial charge is 0.376 e. The second-order valence-electron chi connectivity index (χ2n) is 5.75. The Kier molecular flexibility index (Phi) is 5.86. The summed E-state index contributed by atoms with van der Waals surface area (Å²) in [5.41, 5.74) is 2.69. The van der Waals surface area contributed by atoms with E-state index in [2.05, 4.69) is 55.4 Å². The topological polar surface area (TPSA) is 24.5 Å². The van der Waals surface area contributed by atoms with E-state index in [1.165, 1.54) is 24.1 Å². The Hall–Kier alpha value is -1.06. The minimum absolute atomic E-state index is 0.387. The Labute approximate surface area is 123 Å². The normalized spacial score (nSPS) is 20.1. The SMILES string of the molecule is CCCNC(C)c1ccccc1N(C)CC1CCCO1. The van der Waals surface area contributed by atoms with Crippen LogP contribution in [0.4, 0.5) is 5.69 Å². The number of benzene rings is 1. The van der Waals surface area contributed by atoms with Gasteiger partial charge >= 0.3 is 0 Å². The van der Waals surface area contributed by atoms with Crippen LogP contribution in [0.5, 0.6) is 0 Å². The number of ether oxygens (including phenoxy) is 1. The van der Waals surface area contributed by atoms with Crippen molar-refractivity contribution in [2.24, 2.45) is 0 Å². The number of rotatable bonds is 7. The van der Waals surface area contributed by atoms with Gasteiger partial charge in [-0.1, -0.05) is 25.1 Å². The van der Waals surface area contributed by atoms with Crippen molar-refractivity contribution >= 4 is 5.69 Å². The average Bonchev–Trinajstić information content (AvgIpc) is 2.97.